The zero-order valence-corrected chi connectivity index (χ0v) is 14.1. The molecule has 1 aromatic carbocycles. The minimum Gasteiger partial charge on any atom is -0.348 e. The van der Waals surface area contributed by atoms with Crippen LogP contribution in [0.3, 0.4) is 0 Å². The van der Waals surface area contributed by atoms with E-state index in [0.29, 0.717) is 12.6 Å². The van der Waals surface area contributed by atoms with Gasteiger partial charge in [-0.2, -0.15) is 0 Å². The first-order chi connectivity index (χ1) is 11.9. The zero-order chi connectivity index (χ0) is 18.4. The van der Waals surface area contributed by atoms with E-state index < -0.39 is 35.0 Å². The van der Waals surface area contributed by atoms with Crippen LogP contribution in [0.1, 0.15) is 26.2 Å². The fourth-order valence-electron chi connectivity index (χ4n) is 2.80. The van der Waals surface area contributed by atoms with Crippen molar-refractivity contribution in [3.8, 4) is 0 Å². The van der Waals surface area contributed by atoms with Gasteiger partial charge in [0.1, 0.15) is 0 Å². The van der Waals surface area contributed by atoms with Gasteiger partial charge in [0.05, 0.1) is 5.69 Å². The predicted octanol–water partition coefficient (Wildman–Crippen LogP) is 2.28. The van der Waals surface area contributed by atoms with Gasteiger partial charge in [0.2, 0.25) is 0 Å². The standard InChI is InChI=1S/C17H22F3N3O2/c1-11(10-23-7-3-2-4-8-23)9-21-16(24)17(25)22-13-6-5-12(18)14(19)15(13)20/h5-6,11H,2-4,7-10H2,1H3,(H,21,24)(H,22,25). The lowest BCUT2D eigenvalue weighted by molar-refractivity contribution is -0.136. The van der Waals surface area contributed by atoms with Crippen LogP contribution in [-0.2, 0) is 9.59 Å². The summed E-state index contributed by atoms with van der Waals surface area (Å²) in [5.41, 5.74) is -0.583. The van der Waals surface area contributed by atoms with E-state index in [1.54, 1.807) is 0 Å². The highest BCUT2D eigenvalue weighted by Crippen LogP contribution is 2.19. The monoisotopic (exact) mass is 357 g/mol. The minimum absolute atomic E-state index is 0.148. The molecule has 0 radical (unpaired) electrons. The summed E-state index contributed by atoms with van der Waals surface area (Å²) in [5.74, 6) is -6.54. The summed E-state index contributed by atoms with van der Waals surface area (Å²) < 4.78 is 39.5. The summed E-state index contributed by atoms with van der Waals surface area (Å²) in [6.45, 7) is 5.15. The van der Waals surface area contributed by atoms with Crippen LogP contribution >= 0.6 is 0 Å². The number of anilines is 1. The van der Waals surface area contributed by atoms with Crippen molar-refractivity contribution >= 4 is 17.5 Å². The molecular weight excluding hydrogens is 335 g/mol. The van der Waals surface area contributed by atoms with Crippen molar-refractivity contribution in [2.75, 3.05) is 31.5 Å². The van der Waals surface area contributed by atoms with E-state index in [9.17, 15) is 22.8 Å². The van der Waals surface area contributed by atoms with Crippen LogP contribution in [0.4, 0.5) is 18.9 Å². The van der Waals surface area contributed by atoms with E-state index >= 15 is 0 Å². The maximum Gasteiger partial charge on any atom is 0.313 e. The Bertz CT molecular complexity index is 634. The highest BCUT2D eigenvalue weighted by atomic mass is 19.2. The number of benzene rings is 1. The fourth-order valence-corrected chi connectivity index (χ4v) is 2.80. The van der Waals surface area contributed by atoms with Crippen LogP contribution in [-0.4, -0.2) is 42.9 Å². The highest BCUT2D eigenvalue weighted by Gasteiger charge is 2.20. The van der Waals surface area contributed by atoms with Crippen molar-refractivity contribution in [3.63, 3.8) is 0 Å². The number of hydrogen-bond donors (Lipinski definition) is 2. The number of carbonyl (C=O) groups is 2. The normalized spacial score (nSPS) is 16.3. The van der Waals surface area contributed by atoms with E-state index in [0.717, 1.165) is 25.7 Å². The number of rotatable bonds is 5. The lowest BCUT2D eigenvalue weighted by Crippen LogP contribution is -2.41. The Morgan fingerprint density at radius 1 is 1.08 bits per heavy atom. The minimum atomic E-state index is -1.70. The SMILES string of the molecule is CC(CNC(=O)C(=O)Nc1ccc(F)c(F)c1F)CN1CCCCC1. The number of amides is 2. The molecule has 2 amide bonds. The van der Waals surface area contributed by atoms with E-state index in [-0.39, 0.29) is 5.92 Å². The maximum atomic E-state index is 13.5. The van der Waals surface area contributed by atoms with Gasteiger partial charge in [0.15, 0.2) is 17.5 Å². The molecule has 25 heavy (non-hydrogen) atoms. The van der Waals surface area contributed by atoms with Crippen LogP contribution < -0.4 is 10.6 Å². The summed E-state index contributed by atoms with van der Waals surface area (Å²) in [6, 6.07) is 1.53. The number of nitrogens with zero attached hydrogens (tertiary/aromatic N) is 1. The first-order valence-corrected chi connectivity index (χ1v) is 8.33. The molecule has 1 aromatic rings. The highest BCUT2D eigenvalue weighted by molar-refractivity contribution is 6.39. The molecule has 1 saturated heterocycles. The maximum absolute atomic E-state index is 13.5. The van der Waals surface area contributed by atoms with E-state index in [4.69, 9.17) is 0 Å². The largest absolute Gasteiger partial charge is 0.348 e. The molecular formula is C17H22F3N3O2. The van der Waals surface area contributed by atoms with Crippen LogP contribution in [0, 0.1) is 23.4 Å². The summed E-state index contributed by atoms with van der Waals surface area (Å²) >= 11 is 0. The molecule has 1 atom stereocenters. The van der Waals surface area contributed by atoms with Crippen molar-refractivity contribution in [1.29, 1.82) is 0 Å². The first kappa shape index (κ1) is 19.2. The van der Waals surface area contributed by atoms with Crippen LogP contribution in [0.15, 0.2) is 12.1 Å². The molecule has 8 heteroatoms. The van der Waals surface area contributed by atoms with Crippen LogP contribution in [0.25, 0.3) is 0 Å². The smallest absolute Gasteiger partial charge is 0.313 e. The summed E-state index contributed by atoms with van der Waals surface area (Å²) in [7, 11) is 0. The molecule has 1 aliphatic heterocycles. The topological polar surface area (TPSA) is 61.4 Å². The Balaban J connectivity index is 1.80. The molecule has 2 rings (SSSR count). The molecule has 0 saturated carbocycles. The molecule has 1 fully saturated rings. The van der Waals surface area contributed by atoms with Gasteiger partial charge < -0.3 is 15.5 Å². The molecule has 1 heterocycles. The van der Waals surface area contributed by atoms with E-state index in [1.165, 1.54) is 19.3 Å². The Labute approximate surface area is 144 Å². The average molecular weight is 357 g/mol. The molecule has 0 aromatic heterocycles. The van der Waals surface area contributed by atoms with Crippen molar-refractivity contribution in [1.82, 2.24) is 10.2 Å². The summed E-state index contributed by atoms with van der Waals surface area (Å²) in [4.78, 5) is 25.8. The summed E-state index contributed by atoms with van der Waals surface area (Å²) in [6.07, 6.45) is 3.57. The zero-order valence-electron chi connectivity index (χ0n) is 14.1. The molecule has 138 valence electrons. The second-order valence-electron chi connectivity index (χ2n) is 6.35. The molecule has 0 aliphatic carbocycles. The molecule has 0 bridgehead atoms. The molecule has 1 aliphatic rings. The van der Waals surface area contributed by atoms with Crippen molar-refractivity contribution in [2.24, 2.45) is 5.92 Å². The number of halogens is 3. The van der Waals surface area contributed by atoms with E-state index in [1.807, 2.05) is 12.2 Å². The van der Waals surface area contributed by atoms with E-state index in [2.05, 4.69) is 10.2 Å². The van der Waals surface area contributed by atoms with Gasteiger partial charge in [-0.3, -0.25) is 9.59 Å². The molecule has 1 unspecified atom stereocenters. The molecule has 5 nitrogen and oxygen atoms in total. The number of nitrogens with one attached hydrogen (secondary N) is 2. The third-order valence-electron chi connectivity index (χ3n) is 4.12. The van der Waals surface area contributed by atoms with Gasteiger partial charge >= 0.3 is 11.8 Å². The number of hydrogen-bond acceptors (Lipinski definition) is 3. The third kappa shape index (κ3) is 5.45. The number of likely N-dealkylation sites (tertiary alicyclic amines) is 1. The van der Waals surface area contributed by atoms with Gasteiger partial charge in [-0.15, -0.1) is 0 Å². The third-order valence-corrected chi connectivity index (χ3v) is 4.12. The van der Waals surface area contributed by atoms with Crippen molar-refractivity contribution in [3.05, 3.63) is 29.6 Å². The summed E-state index contributed by atoms with van der Waals surface area (Å²) in [5, 5.41) is 4.41. The Morgan fingerprint density at radius 3 is 2.44 bits per heavy atom. The van der Waals surface area contributed by atoms with Crippen LogP contribution in [0.2, 0.25) is 0 Å². The molecule has 2 N–H and O–H groups in total. The van der Waals surface area contributed by atoms with Gasteiger partial charge in [0.25, 0.3) is 0 Å². The van der Waals surface area contributed by atoms with Crippen LogP contribution in [0.5, 0.6) is 0 Å². The van der Waals surface area contributed by atoms with Crippen molar-refractivity contribution < 1.29 is 22.8 Å². The lowest BCUT2D eigenvalue weighted by atomic mass is 10.1. The van der Waals surface area contributed by atoms with Gasteiger partial charge in [-0.25, -0.2) is 13.2 Å². The van der Waals surface area contributed by atoms with Crippen molar-refractivity contribution in [2.45, 2.75) is 26.2 Å². The molecule has 0 spiro atoms. The number of carbonyl (C=O) groups excluding carboxylic acids is 2. The predicted molar refractivity (Wildman–Crippen MR) is 87.4 cm³/mol. The Kier molecular flexibility index (Phi) is 6.81. The quantitative estimate of drug-likeness (QED) is 0.628. The Morgan fingerprint density at radius 2 is 1.76 bits per heavy atom. The van der Waals surface area contributed by atoms with Gasteiger partial charge in [-0.05, 0) is 44.0 Å². The number of piperidine rings is 1. The lowest BCUT2D eigenvalue weighted by Gasteiger charge is -2.29. The fraction of sp³-hybridized carbons (Fsp3) is 0.529. The average Bonchev–Trinajstić information content (AvgIpc) is 2.61. The van der Waals surface area contributed by atoms with Gasteiger partial charge in [-0.1, -0.05) is 13.3 Å². The van der Waals surface area contributed by atoms with Gasteiger partial charge in [0, 0.05) is 13.1 Å². The second-order valence-corrected chi connectivity index (χ2v) is 6.35. The second kappa shape index (κ2) is 8.84. The Hall–Kier alpha value is -2.09. The first-order valence-electron chi connectivity index (χ1n) is 8.33.